The maximum Gasteiger partial charge on any atom is 0.322 e. The van der Waals surface area contributed by atoms with E-state index < -0.39 is 5.97 Å². The van der Waals surface area contributed by atoms with E-state index in [4.69, 9.17) is 5.11 Å². The fourth-order valence-corrected chi connectivity index (χ4v) is 1.96. The van der Waals surface area contributed by atoms with Crippen LogP contribution in [0.15, 0.2) is 24.4 Å². The molecule has 2 aromatic rings. The summed E-state index contributed by atoms with van der Waals surface area (Å²) in [7, 11) is 0. The van der Waals surface area contributed by atoms with Crippen molar-refractivity contribution in [2.75, 3.05) is 6.54 Å². The van der Waals surface area contributed by atoms with Crippen molar-refractivity contribution in [3.05, 3.63) is 35.8 Å². The molecule has 0 unspecified atom stereocenters. The standard InChI is InChI=1S/C13H15N3O3/c1-9-10(5-6-12(17)14-8-13(18)19)16-7-3-2-4-11(16)15-9/h2-4,7H,5-6,8H2,1H3,(H,14,17)(H,18,19). The Kier molecular flexibility index (Phi) is 3.79. The molecule has 0 aliphatic rings. The summed E-state index contributed by atoms with van der Waals surface area (Å²) in [5, 5.41) is 10.8. The minimum absolute atomic E-state index is 0.247. The molecule has 0 saturated heterocycles. The third-order valence-electron chi connectivity index (χ3n) is 2.85. The summed E-state index contributed by atoms with van der Waals surface area (Å²) in [6, 6.07) is 5.72. The first-order valence-corrected chi connectivity index (χ1v) is 5.99. The van der Waals surface area contributed by atoms with Crippen molar-refractivity contribution in [3.8, 4) is 0 Å². The Morgan fingerprint density at radius 1 is 1.42 bits per heavy atom. The van der Waals surface area contributed by atoms with Crippen molar-refractivity contribution in [2.45, 2.75) is 19.8 Å². The largest absolute Gasteiger partial charge is 0.480 e. The first-order valence-electron chi connectivity index (χ1n) is 5.99. The molecule has 0 aliphatic heterocycles. The molecule has 0 radical (unpaired) electrons. The number of carbonyl (C=O) groups is 2. The Morgan fingerprint density at radius 2 is 2.21 bits per heavy atom. The number of aryl methyl sites for hydroxylation is 2. The van der Waals surface area contributed by atoms with Crippen molar-refractivity contribution in [3.63, 3.8) is 0 Å². The highest BCUT2D eigenvalue weighted by Crippen LogP contribution is 2.13. The van der Waals surface area contributed by atoms with E-state index in [1.54, 1.807) is 0 Å². The highest BCUT2D eigenvalue weighted by Gasteiger charge is 2.10. The van der Waals surface area contributed by atoms with Gasteiger partial charge in [0.25, 0.3) is 0 Å². The zero-order valence-electron chi connectivity index (χ0n) is 10.6. The first-order chi connectivity index (χ1) is 9.08. The average molecular weight is 261 g/mol. The summed E-state index contributed by atoms with van der Waals surface area (Å²) in [4.78, 5) is 26.2. The fraction of sp³-hybridized carbons (Fsp3) is 0.308. The van der Waals surface area contributed by atoms with E-state index in [1.165, 1.54) is 0 Å². The minimum atomic E-state index is -1.04. The summed E-state index contributed by atoms with van der Waals surface area (Å²) in [6.45, 7) is 1.56. The van der Waals surface area contributed by atoms with Gasteiger partial charge < -0.3 is 14.8 Å². The van der Waals surface area contributed by atoms with E-state index in [2.05, 4.69) is 10.3 Å². The van der Waals surface area contributed by atoms with Crippen LogP contribution in [-0.2, 0) is 16.0 Å². The topological polar surface area (TPSA) is 83.7 Å². The Hall–Kier alpha value is -2.37. The lowest BCUT2D eigenvalue weighted by molar-refractivity contribution is -0.137. The van der Waals surface area contributed by atoms with E-state index in [1.807, 2.05) is 35.7 Å². The number of carboxylic acids is 1. The van der Waals surface area contributed by atoms with Gasteiger partial charge in [0.05, 0.1) is 5.69 Å². The van der Waals surface area contributed by atoms with Gasteiger partial charge in [0.15, 0.2) is 0 Å². The lowest BCUT2D eigenvalue weighted by Crippen LogP contribution is -2.29. The van der Waals surface area contributed by atoms with Crippen LogP contribution in [0.5, 0.6) is 0 Å². The number of fused-ring (bicyclic) bond motifs is 1. The number of rotatable bonds is 5. The summed E-state index contributed by atoms with van der Waals surface area (Å²) in [5.74, 6) is -1.31. The Labute approximate surface area is 110 Å². The summed E-state index contributed by atoms with van der Waals surface area (Å²) >= 11 is 0. The second kappa shape index (κ2) is 5.51. The molecule has 0 saturated carbocycles. The van der Waals surface area contributed by atoms with Crippen molar-refractivity contribution in [1.82, 2.24) is 14.7 Å². The second-order valence-electron chi connectivity index (χ2n) is 4.24. The minimum Gasteiger partial charge on any atom is -0.480 e. The zero-order valence-corrected chi connectivity index (χ0v) is 10.6. The van der Waals surface area contributed by atoms with E-state index in [9.17, 15) is 9.59 Å². The number of aromatic nitrogens is 2. The monoisotopic (exact) mass is 261 g/mol. The molecular weight excluding hydrogens is 246 g/mol. The number of imidazole rings is 1. The molecule has 0 fully saturated rings. The number of carboxylic acid groups (broad SMARTS) is 1. The van der Waals surface area contributed by atoms with Gasteiger partial charge in [-0.15, -0.1) is 0 Å². The van der Waals surface area contributed by atoms with Gasteiger partial charge in [-0.05, 0) is 25.5 Å². The number of amides is 1. The predicted octanol–water partition coefficient (Wildman–Crippen LogP) is 0.776. The Balaban J connectivity index is 2.03. The van der Waals surface area contributed by atoms with Gasteiger partial charge in [-0.25, -0.2) is 4.98 Å². The number of nitrogens with one attached hydrogen (secondary N) is 1. The van der Waals surface area contributed by atoms with Gasteiger partial charge in [0.2, 0.25) is 5.91 Å². The maximum atomic E-state index is 11.5. The van der Waals surface area contributed by atoms with Crippen LogP contribution in [0.2, 0.25) is 0 Å². The quantitative estimate of drug-likeness (QED) is 0.833. The molecule has 6 nitrogen and oxygen atoms in total. The molecule has 2 heterocycles. The molecule has 2 rings (SSSR count). The van der Waals surface area contributed by atoms with Crippen molar-refractivity contribution in [1.29, 1.82) is 0 Å². The summed E-state index contributed by atoms with van der Waals surface area (Å²) in [6.07, 6.45) is 2.68. The molecule has 0 spiro atoms. The average Bonchev–Trinajstić information content (AvgIpc) is 2.69. The number of aliphatic carboxylic acids is 1. The van der Waals surface area contributed by atoms with Crippen molar-refractivity contribution < 1.29 is 14.7 Å². The van der Waals surface area contributed by atoms with Crippen LogP contribution in [0.4, 0.5) is 0 Å². The Bertz CT molecular complexity index is 619. The van der Waals surface area contributed by atoms with E-state index in [0.29, 0.717) is 6.42 Å². The molecule has 2 N–H and O–H groups in total. The number of hydrogen-bond acceptors (Lipinski definition) is 3. The molecule has 0 bridgehead atoms. The van der Waals surface area contributed by atoms with Gasteiger partial charge in [-0.1, -0.05) is 6.07 Å². The summed E-state index contributed by atoms with van der Waals surface area (Å²) in [5.41, 5.74) is 2.71. The molecule has 19 heavy (non-hydrogen) atoms. The molecule has 2 aromatic heterocycles. The van der Waals surface area contributed by atoms with Crippen LogP contribution in [0.3, 0.4) is 0 Å². The van der Waals surface area contributed by atoms with Gasteiger partial charge in [0, 0.05) is 18.3 Å². The Morgan fingerprint density at radius 3 is 2.95 bits per heavy atom. The third kappa shape index (κ3) is 3.09. The van der Waals surface area contributed by atoms with Crippen molar-refractivity contribution in [2.24, 2.45) is 0 Å². The van der Waals surface area contributed by atoms with Gasteiger partial charge in [0.1, 0.15) is 12.2 Å². The van der Waals surface area contributed by atoms with Crippen LogP contribution < -0.4 is 5.32 Å². The lowest BCUT2D eigenvalue weighted by atomic mass is 10.2. The van der Waals surface area contributed by atoms with Crippen LogP contribution in [0.1, 0.15) is 17.8 Å². The number of carbonyl (C=O) groups excluding carboxylic acids is 1. The summed E-state index contributed by atoms with van der Waals surface area (Å²) < 4.78 is 1.94. The van der Waals surface area contributed by atoms with E-state index >= 15 is 0 Å². The van der Waals surface area contributed by atoms with E-state index in [0.717, 1.165) is 17.0 Å². The molecule has 0 aromatic carbocycles. The van der Waals surface area contributed by atoms with E-state index in [-0.39, 0.29) is 18.9 Å². The SMILES string of the molecule is Cc1nc2ccccn2c1CCC(=O)NCC(=O)O. The first kappa shape index (κ1) is 13.1. The van der Waals surface area contributed by atoms with Gasteiger partial charge in [-0.2, -0.15) is 0 Å². The highest BCUT2D eigenvalue weighted by molar-refractivity contribution is 5.81. The van der Waals surface area contributed by atoms with Gasteiger partial charge >= 0.3 is 5.97 Å². The zero-order chi connectivity index (χ0) is 13.8. The highest BCUT2D eigenvalue weighted by atomic mass is 16.4. The normalized spacial score (nSPS) is 10.6. The third-order valence-corrected chi connectivity index (χ3v) is 2.85. The number of pyridine rings is 1. The molecule has 100 valence electrons. The smallest absolute Gasteiger partial charge is 0.322 e. The predicted molar refractivity (Wildman–Crippen MR) is 68.9 cm³/mol. The van der Waals surface area contributed by atoms with Crippen LogP contribution in [-0.4, -0.2) is 32.9 Å². The number of hydrogen-bond donors (Lipinski definition) is 2. The molecule has 6 heteroatoms. The fourth-order valence-electron chi connectivity index (χ4n) is 1.96. The van der Waals surface area contributed by atoms with Crippen LogP contribution in [0.25, 0.3) is 5.65 Å². The van der Waals surface area contributed by atoms with Crippen molar-refractivity contribution >= 4 is 17.5 Å². The molecule has 1 amide bonds. The second-order valence-corrected chi connectivity index (χ2v) is 4.24. The van der Waals surface area contributed by atoms with Gasteiger partial charge in [-0.3, -0.25) is 9.59 Å². The lowest BCUT2D eigenvalue weighted by Gasteiger charge is -2.04. The molecule has 0 atom stereocenters. The number of nitrogens with zero attached hydrogens (tertiary/aromatic N) is 2. The van der Waals surface area contributed by atoms with Crippen LogP contribution >= 0.6 is 0 Å². The van der Waals surface area contributed by atoms with Crippen LogP contribution in [0, 0.1) is 6.92 Å². The molecular formula is C13H15N3O3. The maximum absolute atomic E-state index is 11.5. The molecule has 0 aliphatic carbocycles.